The molecular formula is C64H82N4O17Si. The van der Waals surface area contributed by atoms with Gasteiger partial charge in [-0.25, -0.2) is 14.4 Å². The van der Waals surface area contributed by atoms with E-state index in [4.69, 9.17) is 51.8 Å². The summed E-state index contributed by atoms with van der Waals surface area (Å²) >= 11 is 0. The molecule has 3 heterocycles. The molecule has 464 valence electrons. The summed E-state index contributed by atoms with van der Waals surface area (Å²) in [6, 6.07) is 42.3. The summed E-state index contributed by atoms with van der Waals surface area (Å²) in [4.78, 5) is 42.0. The van der Waals surface area contributed by atoms with Gasteiger partial charge in [-0.15, -0.1) is 0 Å². The number of amides is 3. The minimum atomic E-state index is -2.43. The van der Waals surface area contributed by atoms with Crippen molar-refractivity contribution in [3.63, 3.8) is 0 Å². The molecule has 1 saturated carbocycles. The Kier molecular flexibility index (Phi) is 22.8. The van der Waals surface area contributed by atoms with Crippen LogP contribution in [0.4, 0.5) is 14.4 Å². The summed E-state index contributed by atoms with van der Waals surface area (Å²) in [5.74, 6) is 0. The van der Waals surface area contributed by atoms with E-state index >= 15 is 0 Å². The normalized spacial score (nSPS) is 28.3. The van der Waals surface area contributed by atoms with E-state index in [-0.39, 0.29) is 51.1 Å². The standard InChI is InChI=1S/C64H82N4O17Si/c1-64(2,3)86(4,5)80-40-48-52(70)57(75-34-33-65-32-31-41-21-11-6-12-22-41)60(81-48)85-56-51(69)46(66-61(72)77-36-42-23-13-7-14-24-42)35-47(67-62(73)78-37-43-25-15-8-16-26-43)54(56)83-59-50(68-63(74)79-38-44-27-17-9-18-28-44)53(71)55-49(82-59)39-76-58(84-55)45-29-19-10-20-30-45/h6-30,46-60,65,69-71H,31-40H2,1-5H3,(H,66,72)(H,67,73)(H,68,74)/t46-,47+,48-,49-,50-,51+,52-,53-,54-,55-,56-,57-,58?,59-,60+/m1/s1. The molecule has 0 bridgehead atoms. The molecule has 9 rings (SSSR count). The van der Waals surface area contributed by atoms with E-state index in [1.54, 1.807) is 72.8 Å². The highest BCUT2D eigenvalue weighted by Gasteiger charge is 2.57. The highest BCUT2D eigenvalue weighted by atomic mass is 28.4. The summed E-state index contributed by atoms with van der Waals surface area (Å²) in [6.45, 7) is 11.1. The van der Waals surface area contributed by atoms with Crippen molar-refractivity contribution in [3.8, 4) is 0 Å². The molecule has 22 heteroatoms. The van der Waals surface area contributed by atoms with Gasteiger partial charge in [0, 0.05) is 12.1 Å². The van der Waals surface area contributed by atoms with E-state index in [1.165, 1.54) is 0 Å². The molecule has 0 spiro atoms. The van der Waals surface area contributed by atoms with Crippen molar-refractivity contribution in [2.75, 3.05) is 32.9 Å². The molecule has 1 aliphatic carbocycles. The van der Waals surface area contributed by atoms with E-state index < -0.39 is 119 Å². The second-order valence-electron chi connectivity index (χ2n) is 23.4. The molecule has 86 heavy (non-hydrogen) atoms. The fraction of sp³-hybridized carbons (Fsp3) is 0.484. The highest BCUT2D eigenvalue weighted by molar-refractivity contribution is 6.74. The van der Waals surface area contributed by atoms with E-state index in [0.717, 1.165) is 12.0 Å². The lowest BCUT2D eigenvalue weighted by atomic mass is 9.83. The smallest absolute Gasteiger partial charge is 0.407 e. The van der Waals surface area contributed by atoms with Gasteiger partial charge in [0.1, 0.15) is 80.8 Å². The number of carbonyl (C=O) groups excluding carboxylic acids is 3. The minimum Gasteiger partial charge on any atom is -0.445 e. The second-order valence-corrected chi connectivity index (χ2v) is 28.2. The topological polar surface area (TPSA) is 262 Å². The van der Waals surface area contributed by atoms with Crippen LogP contribution >= 0.6 is 0 Å². The van der Waals surface area contributed by atoms with Gasteiger partial charge in [-0.1, -0.05) is 172 Å². The highest BCUT2D eigenvalue weighted by Crippen LogP contribution is 2.40. The average Bonchev–Trinajstić information content (AvgIpc) is 1.27. The van der Waals surface area contributed by atoms with Crippen LogP contribution in [-0.2, 0) is 78.0 Å². The quantitative estimate of drug-likeness (QED) is 0.0188. The Bertz CT molecular complexity index is 2870. The monoisotopic (exact) mass is 1210 g/mol. The van der Waals surface area contributed by atoms with Gasteiger partial charge >= 0.3 is 18.3 Å². The molecule has 7 N–H and O–H groups in total. The Balaban J connectivity index is 1.05. The van der Waals surface area contributed by atoms with E-state index in [2.05, 4.69) is 55.1 Å². The van der Waals surface area contributed by atoms with Gasteiger partial charge in [0.15, 0.2) is 27.2 Å². The average molecular weight is 1210 g/mol. The van der Waals surface area contributed by atoms with Gasteiger partial charge < -0.3 is 88.4 Å². The SMILES string of the molecule is CC(C)(C)[Si](C)(C)OC[C@H]1O[C@@H](O[C@@H]2[C@@H](O)[C@H](NC(=O)OCc3ccccc3)C[C@H](NC(=O)OCc3ccccc3)[C@H]2O[C@H]2O[C@@H]3COC(c4ccccc4)O[C@H]3[C@H](O)[C@H]2NC(=O)OCc2ccccc2)[C@H](OCCNCCc2ccccc2)[C@@H]1O. The zero-order valence-corrected chi connectivity index (χ0v) is 50.2. The predicted octanol–water partition coefficient (Wildman–Crippen LogP) is 6.93. The third-order valence-corrected chi connectivity index (χ3v) is 20.8. The van der Waals surface area contributed by atoms with Crippen molar-refractivity contribution < 1.29 is 81.5 Å². The lowest BCUT2D eigenvalue weighted by Gasteiger charge is -2.51. The fourth-order valence-corrected chi connectivity index (χ4v) is 11.4. The summed E-state index contributed by atoms with van der Waals surface area (Å²) in [6.07, 6.45) is -18.2. The number of aliphatic hydroxyl groups excluding tert-OH is 3. The minimum absolute atomic E-state index is 0.0337. The molecule has 4 aliphatic rings. The molecule has 5 aromatic carbocycles. The van der Waals surface area contributed by atoms with Crippen LogP contribution in [0, 0.1) is 0 Å². The van der Waals surface area contributed by atoms with Crippen molar-refractivity contribution in [1.29, 1.82) is 0 Å². The molecule has 1 unspecified atom stereocenters. The summed E-state index contributed by atoms with van der Waals surface area (Å²) in [5.41, 5.74) is 3.93. The molecule has 3 amide bonds. The zero-order valence-electron chi connectivity index (χ0n) is 49.2. The zero-order chi connectivity index (χ0) is 60.6. The number of benzene rings is 5. The predicted molar refractivity (Wildman–Crippen MR) is 316 cm³/mol. The van der Waals surface area contributed by atoms with Crippen LogP contribution < -0.4 is 21.3 Å². The van der Waals surface area contributed by atoms with Gasteiger partial charge in [0.2, 0.25) is 0 Å². The van der Waals surface area contributed by atoms with Crippen molar-refractivity contribution in [2.45, 2.75) is 163 Å². The first-order chi connectivity index (χ1) is 41.5. The van der Waals surface area contributed by atoms with Gasteiger partial charge in [0.25, 0.3) is 0 Å². The first-order valence-corrected chi connectivity index (χ1v) is 32.3. The first-order valence-electron chi connectivity index (χ1n) is 29.4. The maximum atomic E-state index is 14.2. The van der Waals surface area contributed by atoms with Crippen LogP contribution in [0.2, 0.25) is 18.1 Å². The molecule has 3 aliphatic heterocycles. The van der Waals surface area contributed by atoms with Crippen LogP contribution in [0.5, 0.6) is 0 Å². The van der Waals surface area contributed by atoms with E-state index in [9.17, 15) is 29.7 Å². The van der Waals surface area contributed by atoms with E-state index in [1.807, 2.05) is 78.9 Å². The molecular weight excluding hydrogens is 1120 g/mol. The van der Waals surface area contributed by atoms with Crippen molar-refractivity contribution in [2.24, 2.45) is 0 Å². The summed E-state index contributed by atoms with van der Waals surface area (Å²) in [5, 5.41) is 49.2. The molecule has 0 radical (unpaired) electrons. The van der Waals surface area contributed by atoms with Gasteiger partial charge in [-0.3, -0.25) is 0 Å². The number of fused-ring (bicyclic) bond motifs is 1. The van der Waals surface area contributed by atoms with Crippen LogP contribution in [0.15, 0.2) is 152 Å². The second kappa shape index (κ2) is 30.5. The van der Waals surface area contributed by atoms with Crippen molar-refractivity contribution in [1.82, 2.24) is 21.3 Å². The van der Waals surface area contributed by atoms with Crippen molar-refractivity contribution in [3.05, 3.63) is 179 Å². The maximum Gasteiger partial charge on any atom is 0.407 e. The Morgan fingerprint density at radius 1 is 0.570 bits per heavy atom. The fourth-order valence-electron chi connectivity index (χ4n) is 10.4. The number of carbonyl (C=O) groups is 3. The number of alkyl carbamates (subject to hydrolysis) is 3. The number of aliphatic hydroxyl groups is 3. The van der Waals surface area contributed by atoms with Gasteiger partial charge in [-0.2, -0.15) is 0 Å². The van der Waals surface area contributed by atoms with Gasteiger partial charge in [-0.05, 0) is 59.8 Å². The number of hydrogen-bond donors (Lipinski definition) is 7. The molecule has 3 saturated heterocycles. The lowest BCUT2D eigenvalue weighted by molar-refractivity contribution is -0.358. The Morgan fingerprint density at radius 3 is 1.64 bits per heavy atom. The van der Waals surface area contributed by atoms with Crippen LogP contribution in [0.25, 0.3) is 0 Å². The van der Waals surface area contributed by atoms with Crippen LogP contribution in [0.3, 0.4) is 0 Å². The maximum absolute atomic E-state index is 14.2. The number of nitrogens with one attached hydrogen (secondary N) is 4. The number of hydrogen-bond acceptors (Lipinski definition) is 18. The Hall–Kier alpha value is -6.35. The van der Waals surface area contributed by atoms with Crippen LogP contribution in [-0.4, -0.2) is 160 Å². The molecule has 15 atom stereocenters. The molecule has 0 aromatic heterocycles. The van der Waals surface area contributed by atoms with Crippen LogP contribution in [0.1, 0.15) is 61.3 Å². The van der Waals surface area contributed by atoms with E-state index in [0.29, 0.717) is 35.3 Å². The summed E-state index contributed by atoms with van der Waals surface area (Å²) in [7, 11) is -2.43. The Morgan fingerprint density at radius 2 is 1.08 bits per heavy atom. The number of rotatable bonds is 24. The first kappa shape index (κ1) is 64.1. The third-order valence-electron chi connectivity index (χ3n) is 16.3. The van der Waals surface area contributed by atoms with Crippen molar-refractivity contribution >= 4 is 26.6 Å². The lowest BCUT2D eigenvalue weighted by Crippen LogP contribution is -2.71. The largest absolute Gasteiger partial charge is 0.445 e. The molecule has 5 aromatic rings. The third kappa shape index (κ3) is 17.5. The molecule has 4 fully saturated rings. The molecule has 21 nitrogen and oxygen atoms in total. The van der Waals surface area contributed by atoms with Gasteiger partial charge in [0.05, 0.1) is 31.9 Å². The summed E-state index contributed by atoms with van der Waals surface area (Å²) < 4.78 is 70.0. The number of ether oxygens (including phenoxy) is 10. The Labute approximate surface area is 503 Å².